The van der Waals surface area contributed by atoms with Crippen molar-refractivity contribution in [2.45, 2.75) is 88.4 Å². The molecular formula is C32H46N10O8. The number of rotatable bonds is 12. The fourth-order valence-corrected chi connectivity index (χ4v) is 5.71. The lowest BCUT2D eigenvalue weighted by atomic mass is 9.95. The average molecular weight is 699 g/mol. The zero-order valence-corrected chi connectivity index (χ0v) is 28.0. The Labute approximate surface area is 288 Å². The van der Waals surface area contributed by atoms with E-state index in [1.54, 1.807) is 13.1 Å². The predicted molar refractivity (Wildman–Crippen MR) is 179 cm³/mol. The summed E-state index contributed by atoms with van der Waals surface area (Å²) >= 11 is 0. The van der Waals surface area contributed by atoms with Crippen molar-refractivity contribution in [3.05, 3.63) is 35.7 Å². The number of carbonyl (C=O) groups excluding carboxylic acids is 5. The number of aliphatic carboxylic acids is 1. The molecule has 50 heavy (non-hydrogen) atoms. The van der Waals surface area contributed by atoms with Gasteiger partial charge in [0.05, 0.1) is 17.9 Å². The summed E-state index contributed by atoms with van der Waals surface area (Å²) in [7, 11) is 0. The molecule has 0 aliphatic carbocycles. The Hall–Kier alpha value is -5.10. The Kier molecular flexibility index (Phi) is 13.6. The van der Waals surface area contributed by atoms with Crippen LogP contribution < -0.4 is 42.8 Å². The van der Waals surface area contributed by atoms with E-state index in [2.05, 4.69) is 36.9 Å². The predicted octanol–water partition coefficient (Wildman–Crippen LogP) is -0.726. The number of benzene rings is 1. The number of ether oxygens (including phenoxy) is 1. The molecule has 10 N–H and O–H groups in total. The highest BCUT2D eigenvalue weighted by Gasteiger charge is 2.31. The first-order valence-corrected chi connectivity index (χ1v) is 16.8. The highest BCUT2D eigenvalue weighted by molar-refractivity contribution is 6.02. The van der Waals surface area contributed by atoms with E-state index in [0.29, 0.717) is 19.4 Å². The van der Waals surface area contributed by atoms with Gasteiger partial charge < -0.3 is 47.9 Å². The van der Waals surface area contributed by atoms with Crippen LogP contribution in [-0.4, -0.2) is 100.0 Å². The Morgan fingerprint density at radius 1 is 1.04 bits per heavy atom. The Bertz CT molecular complexity index is 1540. The van der Waals surface area contributed by atoms with Crippen LogP contribution in [0.25, 0.3) is 0 Å². The van der Waals surface area contributed by atoms with Crippen molar-refractivity contribution < 1.29 is 38.6 Å². The molecule has 4 rings (SSSR count). The summed E-state index contributed by atoms with van der Waals surface area (Å²) in [5.41, 5.74) is 12.1. The molecule has 1 saturated heterocycles. The Balaban J connectivity index is 1.59. The van der Waals surface area contributed by atoms with Gasteiger partial charge in [0, 0.05) is 30.6 Å². The molecule has 3 heterocycles. The molecule has 1 fully saturated rings. The van der Waals surface area contributed by atoms with E-state index in [1.165, 1.54) is 22.9 Å². The second-order valence-corrected chi connectivity index (χ2v) is 12.4. The topological polar surface area (TPSA) is 275 Å². The highest BCUT2D eigenvalue weighted by Crippen LogP contribution is 2.26. The van der Waals surface area contributed by atoms with Crippen molar-refractivity contribution in [2.75, 3.05) is 31.6 Å². The number of carbonyl (C=O) groups is 6. The van der Waals surface area contributed by atoms with Gasteiger partial charge in [-0.3, -0.25) is 28.8 Å². The lowest BCUT2D eigenvalue weighted by molar-refractivity contribution is -0.137. The van der Waals surface area contributed by atoms with Gasteiger partial charge in [0.15, 0.2) is 0 Å². The lowest BCUT2D eigenvalue weighted by Crippen LogP contribution is -2.56. The molecule has 1 aromatic heterocycles. The molecule has 5 amide bonds. The van der Waals surface area contributed by atoms with Crippen molar-refractivity contribution in [2.24, 2.45) is 11.5 Å². The van der Waals surface area contributed by atoms with Crippen LogP contribution in [0.15, 0.2) is 24.4 Å². The number of carboxylic acids is 1. The molecule has 1 unspecified atom stereocenters. The van der Waals surface area contributed by atoms with Crippen LogP contribution in [0.2, 0.25) is 0 Å². The Morgan fingerprint density at radius 2 is 1.76 bits per heavy atom. The van der Waals surface area contributed by atoms with Gasteiger partial charge in [-0.1, -0.05) is 5.21 Å². The third-order valence-electron chi connectivity index (χ3n) is 8.73. The van der Waals surface area contributed by atoms with Gasteiger partial charge in [-0.15, -0.1) is 5.10 Å². The summed E-state index contributed by atoms with van der Waals surface area (Å²) in [4.78, 5) is 77.3. The summed E-state index contributed by atoms with van der Waals surface area (Å²) in [6, 6.07) is -0.102. The number of nitrogens with one attached hydrogen (secondary N) is 5. The zero-order valence-electron chi connectivity index (χ0n) is 28.0. The number of carboxylic acid groups (broad SMARTS) is 1. The minimum atomic E-state index is -1.37. The molecule has 4 atom stereocenters. The number of hydrogen-bond donors (Lipinski definition) is 8. The first kappa shape index (κ1) is 37.7. The van der Waals surface area contributed by atoms with Crippen LogP contribution in [0.5, 0.6) is 5.75 Å². The number of amides is 5. The number of unbranched alkanes of at least 4 members (excludes halogenated alkanes) is 1. The van der Waals surface area contributed by atoms with Gasteiger partial charge in [-0.25, -0.2) is 4.68 Å². The minimum absolute atomic E-state index is 0.0418. The van der Waals surface area contributed by atoms with Gasteiger partial charge >= 0.3 is 5.97 Å². The number of piperidine rings is 1. The number of fused-ring (bicyclic) bond motifs is 1. The molecule has 272 valence electrons. The van der Waals surface area contributed by atoms with Crippen molar-refractivity contribution in [3.8, 4) is 5.75 Å². The molecule has 0 radical (unpaired) electrons. The number of nitrogens with zero attached hydrogens (tertiary/aromatic N) is 3. The third kappa shape index (κ3) is 10.4. The second-order valence-electron chi connectivity index (χ2n) is 12.4. The van der Waals surface area contributed by atoms with E-state index in [1.807, 2.05) is 0 Å². The number of aromatic nitrogens is 3. The van der Waals surface area contributed by atoms with E-state index < -0.39 is 66.1 Å². The zero-order chi connectivity index (χ0) is 36.2. The van der Waals surface area contributed by atoms with Crippen molar-refractivity contribution >= 4 is 41.2 Å². The molecule has 18 heteroatoms. The van der Waals surface area contributed by atoms with Crippen LogP contribution in [0, 0.1) is 0 Å². The summed E-state index contributed by atoms with van der Waals surface area (Å²) in [5.74, 6) is -4.47. The first-order chi connectivity index (χ1) is 24.0. The van der Waals surface area contributed by atoms with E-state index >= 15 is 0 Å². The quantitative estimate of drug-likeness (QED) is 0.128. The average Bonchev–Trinajstić information content (AvgIpc) is 3.59. The molecule has 18 nitrogen and oxygen atoms in total. The molecule has 0 spiro atoms. The maximum Gasteiger partial charge on any atom is 0.303 e. The summed E-state index contributed by atoms with van der Waals surface area (Å²) in [6.45, 7) is 3.63. The molecular weight excluding hydrogens is 652 g/mol. The number of primary amides is 1. The maximum absolute atomic E-state index is 13.7. The van der Waals surface area contributed by atoms with Crippen LogP contribution in [-0.2, 0) is 24.0 Å². The van der Waals surface area contributed by atoms with Crippen LogP contribution >= 0.6 is 0 Å². The highest BCUT2D eigenvalue weighted by atomic mass is 16.5. The summed E-state index contributed by atoms with van der Waals surface area (Å²) in [5, 5.41) is 31.6. The van der Waals surface area contributed by atoms with Gasteiger partial charge in [-0.05, 0) is 83.3 Å². The van der Waals surface area contributed by atoms with Gasteiger partial charge in [0.25, 0.3) is 5.91 Å². The molecule has 1 aromatic carbocycles. The second kappa shape index (κ2) is 18.1. The SMILES string of the molecule is C[C@@H](C(=O)Nc1ccc2c(c1)C(=O)N[C@@H](CCC(=O)O)C(=O)NC(CCCCN)C(=O)N[C@H](C(N)=O)CCO2)n1cc(C2CCNCC2)nn1. The number of nitrogens with two attached hydrogens (primary N) is 2. The van der Waals surface area contributed by atoms with Crippen LogP contribution in [0.1, 0.15) is 86.3 Å². The van der Waals surface area contributed by atoms with Crippen LogP contribution in [0.4, 0.5) is 5.69 Å². The maximum atomic E-state index is 13.7. The molecule has 2 aliphatic rings. The fraction of sp³-hybridized carbons (Fsp3) is 0.562. The first-order valence-electron chi connectivity index (χ1n) is 16.8. The normalized spacial score (nSPS) is 21.3. The van der Waals surface area contributed by atoms with E-state index in [9.17, 15) is 33.9 Å². The van der Waals surface area contributed by atoms with E-state index in [0.717, 1.165) is 31.6 Å². The summed E-state index contributed by atoms with van der Waals surface area (Å²) < 4.78 is 7.33. The monoisotopic (exact) mass is 698 g/mol. The standard InChI is InChI=1S/C32H46N10O8/c1-18(42-17-25(40-41-42)19-9-13-35-14-10-19)29(46)36-20-5-7-26-21(16-20)30(47)38-24(6-8-27(43)44)32(49)39-23(4-2-3-12-33)31(48)37-22(28(34)45)11-15-50-26/h5,7,16-19,22-24,35H,2-4,6,8-15,33H2,1H3,(H2,34,45)(H,36,46)(H,37,48)(H,38,47)(H,39,49)(H,43,44)/t18-,22-,23?,24-/m0/s1. The van der Waals surface area contributed by atoms with Crippen molar-refractivity contribution in [1.82, 2.24) is 36.3 Å². The van der Waals surface area contributed by atoms with E-state index in [4.69, 9.17) is 16.2 Å². The van der Waals surface area contributed by atoms with E-state index in [-0.39, 0.29) is 48.8 Å². The molecule has 0 bridgehead atoms. The largest absolute Gasteiger partial charge is 0.493 e. The van der Waals surface area contributed by atoms with Crippen molar-refractivity contribution in [1.29, 1.82) is 0 Å². The molecule has 2 aliphatic heterocycles. The smallest absolute Gasteiger partial charge is 0.303 e. The van der Waals surface area contributed by atoms with Gasteiger partial charge in [-0.2, -0.15) is 0 Å². The summed E-state index contributed by atoms with van der Waals surface area (Å²) in [6.07, 6.45) is 3.96. The molecule has 0 saturated carbocycles. The van der Waals surface area contributed by atoms with Gasteiger partial charge in [0.2, 0.25) is 23.6 Å². The Morgan fingerprint density at radius 3 is 2.46 bits per heavy atom. The third-order valence-corrected chi connectivity index (χ3v) is 8.73. The van der Waals surface area contributed by atoms with Gasteiger partial charge in [0.1, 0.15) is 29.9 Å². The minimum Gasteiger partial charge on any atom is -0.493 e. The van der Waals surface area contributed by atoms with Crippen LogP contribution in [0.3, 0.4) is 0 Å². The lowest BCUT2D eigenvalue weighted by Gasteiger charge is -2.26. The number of anilines is 1. The fourth-order valence-electron chi connectivity index (χ4n) is 5.71. The number of hydrogen-bond acceptors (Lipinski definition) is 11. The van der Waals surface area contributed by atoms with Crippen molar-refractivity contribution in [3.63, 3.8) is 0 Å². The molecule has 2 aromatic rings.